The quantitative estimate of drug-likeness (QED) is 0.469. The number of unbranched alkanes of at least 4 members (excludes halogenated alkanes) is 1. The Labute approximate surface area is 192 Å². The predicted molar refractivity (Wildman–Crippen MR) is 125 cm³/mol. The molecule has 0 amide bonds. The number of aromatic nitrogens is 4. The number of halogens is 2. The van der Waals surface area contributed by atoms with Gasteiger partial charge in [0.1, 0.15) is 16.8 Å². The van der Waals surface area contributed by atoms with Crippen molar-refractivity contribution in [3.63, 3.8) is 0 Å². The number of likely N-dealkylation sites (tertiary alicyclic amines) is 1. The summed E-state index contributed by atoms with van der Waals surface area (Å²) in [5.74, 6) is -0.932. The zero-order valence-corrected chi connectivity index (χ0v) is 19.2. The van der Waals surface area contributed by atoms with Crippen LogP contribution in [-0.2, 0) is 13.1 Å². The maximum Gasteiger partial charge on any atom is 0.250 e. The van der Waals surface area contributed by atoms with Crippen LogP contribution < -0.4 is 15.8 Å². The van der Waals surface area contributed by atoms with Crippen LogP contribution in [0.25, 0.3) is 11.0 Å². The number of anilines is 2. The molecule has 0 bridgehead atoms. The van der Waals surface area contributed by atoms with Crippen molar-refractivity contribution in [1.82, 2.24) is 24.6 Å². The Bertz CT molecular complexity index is 1090. The lowest BCUT2D eigenvalue weighted by atomic mass is 10.0. The van der Waals surface area contributed by atoms with Crippen molar-refractivity contribution in [2.75, 3.05) is 37.8 Å². The summed E-state index contributed by atoms with van der Waals surface area (Å²) in [4.78, 5) is 10.8. The molecular weight excluding hydrogens is 428 g/mol. The monoisotopic (exact) mass is 459 g/mol. The average molecular weight is 460 g/mol. The van der Waals surface area contributed by atoms with E-state index < -0.39 is 5.92 Å². The molecule has 0 radical (unpaired) electrons. The molecule has 1 saturated heterocycles. The minimum Gasteiger partial charge on any atom is -0.496 e. The lowest BCUT2D eigenvalue weighted by molar-refractivity contribution is -0.0566. The highest BCUT2D eigenvalue weighted by Gasteiger charge is 2.33. The summed E-state index contributed by atoms with van der Waals surface area (Å²) in [6.07, 6.45) is 3.60. The van der Waals surface area contributed by atoms with E-state index >= 15 is 0 Å². The van der Waals surface area contributed by atoms with Crippen molar-refractivity contribution in [1.29, 1.82) is 0 Å². The molecule has 0 unspecified atom stereocenters. The first-order valence-electron chi connectivity index (χ1n) is 11.4. The van der Waals surface area contributed by atoms with Crippen LogP contribution in [-0.4, -0.2) is 57.3 Å². The summed E-state index contributed by atoms with van der Waals surface area (Å²) in [6.45, 7) is 4.80. The van der Waals surface area contributed by atoms with Crippen molar-refractivity contribution in [2.24, 2.45) is 0 Å². The number of fused-ring (bicyclic) bond motifs is 1. The first-order valence-corrected chi connectivity index (χ1v) is 11.4. The van der Waals surface area contributed by atoms with Gasteiger partial charge in [-0.2, -0.15) is 10.1 Å². The number of alkyl halides is 2. The van der Waals surface area contributed by atoms with E-state index in [1.54, 1.807) is 13.3 Å². The molecule has 0 atom stereocenters. The molecule has 3 N–H and O–H groups in total. The Hall–Kier alpha value is -3.01. The normalized spacial score (nSPS) is 16.2. The van der Waals surface area contributed by atoms with Crippen molar-refractivity contribution in [3.8, 4) is 5.75 Å². The van der Waals surface area contributed by atoms with E-state index in [9.17, 15) is 8.78 Å². The number of nitrogens with zero attached hydrogens (tertiary/aromatic N) is 5. The standard InChI is InChI=1S/C23H31F2N7O/c1-3-4-9-27-21-20-18(29-22(26)30-21)13-28-32(20)15-17-6-5-16(12-19(17)33-2)14-31-10-7-23(24,25)8-11-31/h5-6,12-13H,3-4,7-11,14-15H2,1-2H3,(H3,26,27,29,30). The molecule has 4 rings (SSSR count). The molecule has 10 heteroatoms. The number of methoxy groups -OCH3 is 1. The summed E-state index contributed by atoms with van der Waals surface area (Å²) in [7, 11) is 1.63. The van der Waals surface area contributed by atoms with Crippen LogP contribution in [0.3, 0.4) is 0 Å². The maximum absolute atomic E-state index is 13.4. The number of rotatable bonds is 9. The van der Waals surface area contributed by atoms with Crippen molar-refractivity contribution in [2.45, 2.75) is 51.6 Å². The molecule has 3 aromatic rings. The van der Waals surface area contributed by atoms with Crippen molar-refractivity contribution in [3.05, 3.63) is 35.5 Å². The van der Waals surface area contributed by atoms with Gasteiger partial charge in [0.2, 0.25) is 5.95 Å². The van der Waals surface area contributed by atoms with E-state index in [1.807, 2.05) is 22.9 Å². The van der Waals surface area contributed by atoms with Crippen molar-refractivity contribution >= 4 is 22.8 Å². The topological polar surface area (TPSA) is 94.1 Å². The summed E-state index contributed by atoms with van der Waals surface area (Å²) in [5.41, 5.74) is 9.34. The maximum atomic E-state index is 13.4. The third kappa shape index (κ3) is 5.50. The van der Waals surface area contributed by atoms with Crippen LogP contribution in [0.2, 0.25) is 0 Å². The molecule has 1 aliphatic heterocycles. The highest BCUT2D eigenvalue weighted by atomic mass is 19.3. The first kappa shape index (κ1) is 23.2. The Balaban J connectivity index is 1.54. The van der Waals surface area contributed by atoms with Gasteiger partial charge in [-0.25, -0.2) is 13.8 Å². The minimum atomic E-state index is -2.54. The number of ether oxygens (including phenoxy) is 1. The molecule has 1 aliphatic rings. The third-order valence-electron chi connectivity index (χ3n) is 5.99. The first-order chi connectivity index (χ1) is 15.9. The molecule has 0 spiro atoms. The molecular formula is C23H31F2N7O. The Morgan fingerprint density at radius 2 is 1.97 bits per heavy atom. The minimum absolute atomic E-state index is 0.0875. The van der Waals surface area contributed by atoms with E-state index in [-0.39, 0.29) is 18.8 Å². The second kappa shape index (κ2) is 9.86. The zero-order chi connectivity index (χ0) is 23.4. The molecule has 1 aromatic carbocycles. The van der Waals surface area contributed by atoms with Crippen LogP contribution in [0.5, 0.6) is 5.75 Å². The summed E-state index contributed by atoms with van der Waals surface area (Å²) >= 11 is 0. The van der Waals surface area contributed by atoms with Gasteiger partial charge in [-0.15, -0.1) is 0 Å². The van der Waals surface area contributed by atoms with Crippen LogP contribution in [0, 0.1) is 0 Å². The highest BCUT2D eigenvalue weighted by molar-refractivity contribution is 5.86. The summed E-state index contributed by atoms with van der Waals surface area (Å²) in [6, 6.07) is 6.00. The number of nitrogens with one attached hydrogen (secondary N) is 1. The Morgan fingerprint density at radius 3 is 2.70 bits per heavy atom. The summed E-state index contributed by atoms with van der Waals surface area (Å²) in [5, 5.41) is 7.86. The van der Waals surface area contributed by atoms with E-state index in [0.29, 0.717) is 37.5 Å². The van der Waals surface area contributed by atoms with Gasteiger partial charge in [0.25, 0.3) is 5.92 Å². The molecule has 8 nitrogen and oxygen atoms in total. The number of hydrogen-bond acceptors (Lipinski definition) is 7. The van der Waals surface area contributed by atoms with Gasteiger partial charge in [0.15, 0.2) is 5.82 Å². The average Bonchev–Trinajstić information content (AvgIpc) is 3.18. The highest BCUT2D eigenvalue weighted by Crippen LogP contribution is 2.30. The smallest absolute Gasteiger partial charge is 0.250 e. The Morgan fingerprint density at radius 1 is 1.18 bits per heavy atom. The van der Waals surface area contributed by atoms with Gasteiger partial charge in [0.05, 0.1) is 19.9 Å². The second-order valence-electron chi connectivity index (χ2n) is 8.53. The summed E-state index contributed by atoms with van der Waals surface area (Å²) < 4.78 is 34.4. The molecule has 178 valence electrons. The third-order valence-corrected chi connectivity index (χ3v) is 5.99. The van der Waals surface area contributed by atoms with Gasteiger partial charge in [-0.05, 0) is 18.1 Å². The number of hydrogen-bond donors (Lipinski definition) is 2. The van der Waals surface area contributed by atoms with Crippen LogP contribution in [0.15, 0.2) is 24.4 Å². The van der Waals surface area contributed by atoms with Crippen LogP contribution in [0.4, 0.5) is 20.5 Å². The SMILES string of the molecule is CCCCNc1nc(N)nc2cnn(Cc3ccc(CN4CCC(F)(F)CC4)cc3OC)c12. The van der Waals surface area contributed by atoms with Gasteiger partial charge < -0.3 is 15.8 Å². The zero-order valence-electron chi connectivity index (χ0n) is 19.2. The molecule has 2 aromatic heterocycles. The van der Waals surface area contributed by atoms with E-state index in [0.717, 1.165) is 41.8 Å². The largest absolute Gasteiger partial charge is 0.496 e. The Kier molecular flexibility index (Phi) is 6.92. The molecule has 0 saturated carbocycles. The van der Waals surface area contributed by atoms with Crippen LogP contribution >= 0.6 is 0 Å². The number of piperidine rings is 1. The van der Waals surface area contributed by atoms with E-state index in [4.69, 9.17) is 10.5 Å². The lowest BCUT2D eigenvalue weighted by Gasteiger charge is -2.31. The van der Waals surface area contributed by atoms with E-state index in [1.165, 1.54) is 0 Å². The van der Waals surface area contributed by atoms with Gasteiger partial charge >= 0.3 is 0 Å². The van der Waals surface area contributed by atoms with Gasteiger partial charge in [-0.1, -0.05) is 25.5 Å². The predicted octanol–water partition coefficient (Wildman–Crippen LogP) is 3.91. The fraction of sp³-hybridized carbons (Fsp3) is 0.522. The number of nitrogen functional groups attached to an aromatic ring is 1. The van der Waals surface area contributed by atoms with E-state index in [2.05, 4.69) is 32.2 Å². The molecule has 1 fully saturated rings. The fourth-order valence-electron chi connectivity index (χ4n) is 4.12. The molecule has 3 heterocycles. The second-order valence-corrected chi connectivity index (χ2v) is 8.53. The van der Waals surface area contributed by atoms with Gasteiger partial charge in [-0.3, -0.25) is 9.58 Å². The molecule has 33 heavy (non-hydrogen) atoms. The van der Waals surface area contributed by atoms with Gasteiger partial charge in [0, 0.05) is 44.6 Å². The molecule has 0 aliphatic carbocycles. The fourth-order valence-corrected chi connectivity index (χ4v) is 4.12. The van der Waals surface area contributed by atoms with Crippen LogP contribution in [0.1, 0.15) is 43.7 Å². The number of nitrogens with two attached hydrogens (primary N) is 1. The van der Waals surface area contributed by atoms with Crippen molar-refractivity contribution < 1.29 is 13.5 Å². The number of benzene rings is 1. The lowest BCUT2D eigenvalue weighted by Crippen LogP contribution is -2.38.